The number of nitrogens with zero attached hydrogens (tertiary/aromatic N) is 1. The highest BCUT2D eigenvalue weighted by Crippen LogP contribution is 2.35. The molecule has 1 aromatic rings. The molecule has 1 spiro atoms. The number of piperidine rings is 1. The molecule has 1 atom stereocenters. The molecule has 1 unspecified atom stereocenters. The smallest absolute Gasteiger partial charge is 0.226 e. The third-order valence-electron chi connectivity index (χ3n) is 5.07. The Labute approximate surface area is 147 Å². The van der Waals surface area contributed by atoms with Gasteiger partial charge in [0.1, 0.15) is 5.75 Å². The summed E-state index contributed by atoms with van der Waals surface area (Å²) in [6.45, 7) is 1.96. The van der Waals surface area contributed by atoms with Gasteiger partial charge in [0.15, 0.2) is 0 Å². The molecule has 6 heteroatoms. The Morgan fingerprint density at radius 1 is 1.46 bits per heavy atom. The van der Waals surface area contributed by atoms with Crippen molar-refractivity contribution < 1.29 is 19.4 Å². The van der Waals surface area contributed by atoms with Crippen LogP contribution in [-0.2, 0) is 16.0 Å². The summed E-state index contributed by atoms with van der Waals surface area (Å²) in [6.07, 6.45) is 3.03. The first-order chi connectivity index (χ1) is 11.5. The van der Waals surface area contributed by atoms with Gasteiger partial charge in [-0.25, -0.2) is 0 Å². The zero-order valence-corrected chi connectivity index (χ0v) is 14.7. The van der Waals surface area contributed by atoms with E-state index in [0.29, 0.717) is 49.7 Å². The van der Waals surface area contributed by atoms with Crippen LogP contribution in [0.4, 0.5) is 0 Å². The number of rotatable bonds is 3. The lowest BCUT2D eigenvalue weighted by molar-refractivity contribution is -0.153. The van der Waals surface area contributed by atoms with Crippen molar-refractivity contribution in [2.24, 2.45) is 0 Å². The monoisotopic (exact) mass is 353 g/mol. The van der Waals surface area contributed by atoms with Gasteiger partial charge in [-0.05, 0) is 37.0 Å². The van der Waals surface area contributed by atoms with Crippen LogP contribution >= 0.6 is 11.6 Å². The van der Waals surface area contributed by atoms with E-state index < -0.39 is 0 Å². The van der Waals surface area contributed by atoms with E-state index in [9.17, 15) is 9.90 Å². The van der Waals surface area contributed by atoms with Crippen LogP contribution in [0.5, 0.6) is 5.75 Å². The Hall–Kier alpha value is -1.30. The van der Waals surface area contributed by atoms with Crippen molar-refractivity contribution in [3.05, 3.63) is 28.8 Å². The van der Waals surface area contributed by atoms with Crippen molar-refractivity contribution in [1.29, 1.82) is 0 Å². The van der Waals surface area contributed by atoms with Gasteiger partial charge in [0, 0.05) is 26.1 Å². The minimum atomic E-state index is -0.276. The lowest BCUT2D eigenvalue weighted by atomic mass is 9.83. The maximum Gasteiger partial charge on any atom is 0.226 e. The summed E-state index contributed by atoms with van der Waals surface area (Å²) in [6, 6.07) is 5.44. The zero-order chi connectivity index (χ0) is 17.2. The highest BCUT2D eigenvalue weighted by atomic mass is 35.5. The van der Waals surface area contributed by atoms with Gasteiger partial charge in [0.25, 0.3) is 0 Å². The van der Waals surface area contributed by atoms with Crippen molar-refractivity contribution in [1.82, 2.24) is 4.90 Å². The van der Waals surface area contributed by atoms with Gasteiger partial charge in [0.05, 0.1) is 30.3 Å². The summed E-state index contributed by atoms with van der Waals surface area (Å²) >= 11 is 6.12. The number of amides is 1. The fourth-order valence-corrected chi connectivity index (χ4v) is 3.90. The molecule has 2 heterocycles. The molecule has 24 heavy (non-hydrogen) atoms. The van der Waals surface area contributed by atoms with Gasteiger partial charge >= 0.3 is 0 Å². The Balaban J connectivity index is 1.56. The highest BCUT2D eigenvalue weighted by Gasteiger charge is 2.40. The van der Waals surface area contributed by atoms with Crippen molar-refractivity contribution in [3.8, 4) is 5.75 Å². The number of hydrogen-bond acceptors (Lipinski definition) is 4. The second-order valence-electron chi connectivity index (χ2n) is 6.70. The Kier molecular flexibility index (Phi) is 5.33. The average Bonchev–Trinajstić information content (AvgIpc) is 2.55. The number of methoxy groups -OCH3 is 1. The van der Waals surface area contributed by atoms with E-state index in [1.807, 2.05) is 11.0 Å². The number of aliphatic hydroxyl groups is 1. The molecule has 2 fully saturated rings. The van der Waals surface area contributed by atoms with Gasteiger partial charge in [0.2, 0.25) is 5.91 Å². The molecular weight excluding hydrogens is 330 g/mol. The minimum absolute atomic E-state index is 0.0995. The fourth-order valence-electron chi connectivity index (χ4n) is 3.62. The Morgan fingerprint density at radius 3 is 2.83 bits per heavy atom. The summed E-state index contributed by atoms with van der Waals surface area (Å²) in [4.78, 5) is 14.4. The molecule has 2 aliphatic heterocycles. The molecule has 0 aliphatic carbocycles. The van der Waals surface area contributed by atoms with E-state index in [4.69, 9.17) is 21.1 Å². The molecule has 0 saturated carbocycles. The van der Waals surface area contributed by atoms with Crippen molar-refractivity contribution in [3.63, 3.8) is 0 Å². The van der Waals surface area contributed by atoms with E-state index in [1.165, 1.54) is 0 Å². The number of carbonyl (C=O) groups excluding carboxylic acids is 1. The number of halogens is 1. The van der Waals surface area contributed by atoms with Gasteiger partial charge in [-0.3, -0.25) is 4.79 Å². The first kappa shape index (κ1) is 17.5. The third kappa shape index (κ3) is 3.85. The zero-order valence-electron chi connectivity index (χ0n) is 14.0. The normalized spacial score (nSPS) is 23.3. The maximum absolute atomic E-state index is 12.5. The van der Waals surface area contributed by atoms with Crippen LogP contribution in [0.25, 0.3) is 0 Å². The molecule has 0 bridgehead atoms. The van der Waals surface area contributed by atoms with Crippen LogP contribution in [0.2, 0.25) is 5.02 Å². The topological polar surface area (TPSA) is 59.0 Å². The van der Waals surface area contributed by atoms with E-state index in [1.54, 1.807) is 19.2 Å². The number of aliphatic hydroxyl groups excluding tert-OH is 1. The van der Waals surface area contributed by atoms with Crippen LogP contribution in [0.1, 0.15) is 31.2 Å². The van der Waals surface area contributed by atoms with Crippen molar-refractivity contribution in [2.45, 2.75) is 43.8 Å². The first-order valence-electron chi connectivity index (χ1n) is 8.43. The molecule has 1 amide bonds. The predicted octanol–water partition coefficient (Wildman–Crippen LogP) is 2.42. The second kappa shape index (κ2) is 7.30. The quantitative estimate of drug-likeness (QED) is 0.906. The Bertz CT molecular complexity index is 599. The standard InChI is InChI=1S/C18H24ClNO4/c1-23-16-3-2-13(10-15(16)19)11-17(22)20-7-5-18(6-8-20)12-14(21)4-9-24-18/h2-3,10,14,21H,4-9,11-12H2,1H3. The van der Waals surface area contributed by atoms with Gasteiger partial charge in [-0.2, -0.15) is 0 Å². The summed E-state index contributed by atoms with van der Waals surface area (Å²) in [5.74, 6) is 0.711. The molecular formula is C18H24ClNO4. The van der Waals surface area contributed by atoms with Crippen LogP contribution in [-0.4, -0.2) is 54.4 Å². The minimum Gasteiger partial charge on any atom is -0.495 e. The molecule has 2 aliphatic rings. The molecule has 1 N–H and O–H groups in total. The van der Waals surface area contributed by atoms with Crippen LogP contribution in [0.15, 0.2) is 18.2 Å². The molecule has 3 rings (SSSR count). The van der Waals surface area contributed by atoms with E-state index in [-0.39, 0.29) is 17.6 Å². The molecule has 0 radical (unpaired) electrons. The fraction of sp³-hybridized carbons (Fsp3) is 0.611. The average molecular weight is 354 g/mol. The Morgan fingerprint density at radius 2 is 2.21 bits per heavy atom. The summed E-state index contributed by atoms with van der Waals surface area (Å²) in [7, 11) is 1.57. The molecule has 2 saturated heterocycles. The van der Waals surface area contributed by atoms with Crippen LogP contribution < -0.4 is 4.74 Å². The summed E-state index contributed by atoms with van der Waals surface area (Å²) < 4.78 is 11.1. The number of carbonyl (C=O) groups is 1. The maximum atomic E-state index is 12.5. The predicted molar refractivity (Wildman–Crippen MR) is 91.4 cm³/mol. The van der Waals surface area contributed by atoms with Gasteiger partial charge in [-0.1, -0.05) is 17.7 Å². The lowest BCUT2D eigenvalue weighted by Gasteiger charge is -2.45. The molecule has 5 nitrogen and oxygen atoms in total. The summed E-state index contributed by atoms with van der Waals surface area (Å²) in [5, 5.41) is 10.4. The first-order valence-corrected chi connectivity index (χ1v) is 8.81. The molecule has 1 aromatic carbocycles. The van der Waals surface area contributed by atoms with Gasteiger partial charge < -0.3 is 19.5 Å². The lowest BCUT2D eigenvalue weighted by Crippen LogP contribution is -2.51. The number of hydrogen-bond donors (Lipinski definition) is 1. The van der Waals surface area contributed by atoms with E-state index >= 15 is 0 Å². The van der Waals surface area contributed by atoms with Crippen LogP contribution in [0.3, 0.4) is 0 Å². The van der Waals surface area contributed by atoms with E-state index in [0.717, 1.165) is 18.4 Å². The van der Waals surface area contributed by atoms with Crippen molar-refractivity contribution in [2.75, 3.05) is 26.8 Å². The third-order valence-corrected chi connectivity index (χ3v) is 5.36. The number of likely N-dealkylation sites (tertiary alicyclic amines) is 1. The van der Waals surface area contributed by atoms with Crippen molar-refractivity contribution >= 4 is 17.5 Å². The largest absolute Gasteiger partial charge is 0.495 e. The highest BCUT2D eigenvalue weighted by molar-refractivity contribution is 6.32. The number of benzene rings is 1. The summed E-state index contributed by atoms with van der Waals surface area (Å²) in [5.41, 5.74) is 0.646. The number of ether oxygens (including phenoxy) is 2. The molecule has 132 valence electrons. The van der Waals surface area contributed by atoms with Gasteiger partial charge in [-0.15, -0.1) is 0 Å². The second-order valence-corrected chi connectivity index (χ2v) is 7.11. The molecule has 0 aromatic heterocycles. The SMILES string of the molecule is COc1ccc(CC(=O)N2CCC3(CC2)CC(O)CCO3)cc1Cl. The van der Waals surface area contributed by atoms with E-state index in [2.05, 4.69) is 0 Å². The van der Waals surface area contributed by atoms with Crippen LogP contribution in [0, 0.1) is 0 Å².